The second-order valence-electron chi connectivity index (χ2n) is 5.00. The van der Waals surface area contributed by atoms with Crippen LogP contribution in [-0.2, 0) is 17.1 Å². The first-order valence-electron chi connectivity index (χ1n) is 6.70. The summed E-state index contributed by atoms with van der Waals surface area (Å²) in [6.07, 6.45) is 1.64. The molecule has 7 nitrogen and oxygen atoms in total. The third-order valence-electron chi connectivity index (χ3n) is 3.49. The number of aryl methyl sites for hydroxylation is 1. The van der Waals surface area contributed by atoms with Crippen LogP contribution in [-0.4, -0.2) is 17.9 Å². The number of benzene rings is 2. The molecule has 0 aliphatic carbocycles. The van der Waals surface area contributed by atoms with Gasteiger partial charge in [-0.2, -0.15) is 0 Å². The minimum Gasteiger partial charge on any atom is -0.348 e. The normalized spacial score (nSPS) is 11.5. The molecule has 0 spiro atoms. The molecule has 3 rings (SSSR count). The third kappa shape index (κ3) is 2.64. The predicted octanol–water partition coefficient (Wildman–Crippen LogP) is 2.89. The Morgan fingerprint density at radius 2 is 1.74 bits per heavy atom. The van der Waals surface area contributed by atoms with Crippen molar-refractivity contribution in [2.45, 2.75) is 4.90 Å². The molecular formula is C15H13N3O4S. The Bertz CT molecular complexity index is 1010. The molecule has 8 heteroatoms. The Morgan fingerprint density at radius 3 is 2.48 bits per heavy atom. The van der Waals surface area contributed by atoms with E-state index in [4.69, 9.17) is 0 Å². The van der Waals surface area contributed by atoms with Crippen LogP contribution < -0.4 is 4.72 Å². The van der Waals surface area contributed by atoms with E-state index in [1.54, 1.807) is 29.9 Å². The van der Waals surface area contributed by atoms with Gasteiger partial charge in [-0.3, -0.25) is 14.8 Å². The van der Waals surface area contributed by atoms with Gasteiger partial charge in [-0.15, -0.1) is 0 Å². The van der Waals surface area contributed by atoms with Gasteiger partial charge in [0.05, 0.1) is 10.6 Å². The standard InChI is InChI=1S/C15H13N3O4S/c1-17-10-12(11-6-2-3-7-13(11)17)16-23(21,22)15-9-5-4-8-14(15)18(19)20/h2-10,16H,1H3. The van der Waals surface area contributed by atoms with Crippen LogP contribution in [0.4, 0.5) is 11.4 Å². The molecule has 0 unspecified atom stereocenters. The van der Waals surface area contributed by atoms with Crippen molar-refractivity contribution in [3.63, 3.8) is 0 Å². The number of aromatic nitrogens is 1. The van der Waals surface area contributed by atoms with Gasteiger partial charge in [-0.25, -0.2) is 8.42 Å². The lowest BCUT2D eigenvalue weighted by Gasteiger charge is -2.07. The minimum atomic E-state index is -4.07. The van der Waals surface area contributed by atoms with Crippen molar-refractivity contribution in [3.05, 3.63) is 64.8 Å². The Hall–Kier alpha value is -2.87. The van der Waals surface area contributed by atoms with E-state index in [2.05, 4.69) is 4.72 Å². The molecule has 118 valence electrons. The van der Waals surface area contributed by atoms with Crippen LogP contribution in [0.1, 0.15) is 0 Å². The number of anilines is 1. The lowest BCUT2D eigenvalue weighted by molar-refractivity contribution is -0.387. The number of nitro groups is 1. The Morgan fingerprint density at radius 1 is 1.09 bits per heavy atom. The number of hydrogen-bond acceptors (Lipinski definition) is 4. The number of sulfonamides is 1. The summed E-state index contributed by atoms with van der Waals surface area (Å²) in [6, 6.07) is 12.5. The second-order valence-corrected chi connectivity index (χ2v) is 6.65. The van der Waals surface area contributed by atoms with Crippen LogP contribution in [0.2, 0.25) is 0 Å². The Kier molecular flexibility index (Phi) is 3.53. The molecule has 0 saturated heterocycles. The zero-order chi connectivity index (χ0) is 16.6. The number of nitrogens with one attached hydrogen (secondary N) is 1. The van der Waals surface area contributed by atoms with Crippen LogP contribution >= 0.6 is 0 Å². The summed E-state index contributed by atoms with van der Waals surface area (Å²) < 4.78 is 29.3. The fourth-order valence-corrected chi connectivity index (χ4v) is 3.70. The van der Waals surface area contributed by atoms with Gasteiger partial charge in [-0.1, -0.05) is 30.3 Å². The highest BCUT2D eigenvalue weighted by atomic mass is 32.2. The topological polar surface area (TPSA) is 94.2 Å². The largest absolute Gasteiger partial charge is 0.348 e. The molecule has 0 aliphatic heterocycles. The van der Waals surface area contributed by atoms with E-state index in [0.717, 1.165) is 17.0 Å². The fraction of sp³-hybridized carbons (Fsp3) is 0.0667. The summed E-state index contributed by atoms with van der Waals surface area (Å²) in [7, 11) is -2.28. The van der Waals surface area contributed by atoms with Gasteiger partial charge in [0.1, 0.15) is 0 Å². The fourth-order valence-electron chi connectivity index (χ4n) is 2.46. The van der Waals surface area contributed by atoms with E-state index in [-0.39, 0.29) is 4.90 Å². The molecule has 0 fully saturated rings. The molecule has 0 radical (unpaired) electrons. The number of hydrogen-bond donors (Lipinski definition) is 1. The van der Waals surface area contributed by atoms with E-state index < -0.39 is 20.6 Å². The van der Waals surface area contributed by atoms with Crippen LogP contribution in [0.25, 0.3) is 10.9 Å². The maximum atomic E-state index is 12.6. The van der Waals surface area contributed by atoms with Gasteiger partial charge in [0.2, 0.25) is 0 Å². The summed E-state index contributed by atoms with van der Waals surface area (Å²) in [5.74, 6) is 0. The third-order valence-corrected chi connectivity index (χ3v) is 4.91. The summed E-state index contributed by atoms with van der Waals surface area (Å²) >= 11 is 0. The smallest absolute Gasteiger partial charge is 0.289 e. The summed E-state index contributed by atoms with van der Waals surface area (Å²) in [5, 5.41) is 11.8. The van der Waals surface area contributed by atoms with Crippen molar-refractivity contribution < 1.29 is 13.3 Å². The monoisotopic (exact) mass is 331 g/mol. The van der Waals surface area contributed by atoms with Crippen molar-refractivity contribution >= 4 is 32.3 Å². The van der Waals surface area contributed by atoms with E-state index in [0.29, 0.717) is 5.69 Å². The average molecular weight is 331 g/mol. The van der Waals surface area contributed by atoms with E-state index >= 15 is 0 Å². The maximum Gasteiger partial charge on any atom is 0.289 e. The zero-order valence-electron chi connectivity index (χ0n) is 12.1. The number of para-hydroxylation sites is 2. The number of nitrogens with zero attached hydrogens (tertiary/aromatic N) is 2. The number of rotatable bonds is 4. The molecular weight excluding hydrogens is 318 g/mol. The molecule has 0 bridgehead atoms. The van der Waals surface area contributed by atoms with Gasteiger partial charge in [0.25, 0.3) is 15.7 Å². The van der Waals surface area contributed by atoms with Gasteiger partial charge >= 0.3 is 0 Å². The molecule has 1 aromatic heterocycles. The van der Waals surface area contributed by atoms with Crippen molar-refractivity contribution in [2.75, 3.05) is 4.72 Å². The first-order valence-corrected chi connectivity index (χ1v) is 8.19. The Balaban J connectivity index is 2.10. The van der Waals surface area contributed by atoms with Crippen LogP contribution in [0.15, 0.2) is 59.6 Å². The molecule has 23 heavy (non-hydrogen) atoms. The van der Waals surface area contributed by atoms with Crippen molar-refractivity contribution in [2.24, 2.45) is 7.05 Å². The highest BCUT2D eigenvalue weighted by Crippen LogP contribution is 2.29. The first kappa shape index (κ1) is 15.0. The van der Waals surface area contributed by atoms with Crippen molar-refractivity contribution in [1.29, 1.82) is 0 Å². The molecule has 0 aliphatic rings. The highest BCUT2D eigenvalue weighted by Gasteiger charge is 2.26. The van der Waals surface area contributed by atoms with Gasteiger partial charge in [0, 0.05) is 30.2 Å². The molecule has 0 saturated carbocycles. The van der Waals surface area contributed by atoms with Gasteiger partial charge < -0.3 is 4.57 Å². The van der Waals surface area contributed by atoms with Gasteiger partial charge in [-0.05, 0) is 12.1 Å². The predicted molar refractivity (Wildman–Crippen MR) is 86.8 cm³/mol. The van der Waals surface area contributed by atoms with E-state index in [9.17, 15) is 18.5 Å². The highest BCUT2D eigenvalue weighted by molar-refractivity contribution is 7.92. The molecule has 0 atom stereocenters. The SMILES string of the molecule is Cn1cc(NS(=O)(=O)c2ccccc2[N+](=O)[O-])c2ccccc21. The van der Waals surface area contributed by atoms with Crippen LogP contribution in [0.3, 0.4) is 0 Å². The molecule has 2 aromatic carbocycles. The lowest BCUT2D eigenvalue weighted by atomic mass is 10.2. The molecule has 0 amide bonds. The van der Waals surface area contributed by atoms with Gasteiger partial charge in [0.15, 0.2) is 4.90 Å². The molecule has 1 N–H and O–H groups in total. The Labute approximate surface area is 132 Å². The van der Waals surface area contributed by atoms with Crippen LogP contribution in [0, 0.1) is 10.1 Å². The summed E-state index contributed by atoms with van der Waals surface area (Å²) in [5.41, 5.74) is 0.772. The second kappa shape index (κ2) is 5.40. The molecule has 3 aromatic rings. The molecule has 1 heterocycles. The summed E-state index contributed by atoms with van der Waals surface area (Å²) in [4.78, 5) is 9.97. The van der Waals surface area contributed by atoms with Crippen LogP contribution in [0.5, 0.6) is 0 Å². The van der Waals surface area contributed by atoms with E-state index in [1.165, 1.54) is 18.2 Å². The lowest BCUT2D eigenvalue weighted by Crippen LogP contribution is -2.14. The maximum absolute atomic E-state index is 12.6. The van der Waals surface area contributed by atoms with E-state index in [1.807, 2.05) is 12.1 Å². The quantitative estimate of drug-likeness (QED) is 0.587. The number of nitro benzene ring substituents is 1. The minimum absolute atomic E-state index is 0.363. The average Bonchev–Trinajstić information content (AvgIpc) is 2.83. The number of fused-ring (bicyclic) bond motifs is 1. The van der Waals surface area contributed by atoms with Crippen molar-refractivity contribution in [1.82, 2.24) is 4.57 Å². The van der Waals surface area contributed by atoms with Crippen molar-refractivity contribution in [3.8, 4) is 0 Å². The zero-order valence-corrected chi connectivity index (χ0v) is 12.9. The summed E-state index contributed by atoms with van der Waals surface area (Å²) in [6.45, 7) is 0. The first-order chi connectivity index (χ1) is 10.9.